The van der Waals surface area contributed by atoms with Crippen LogP contribution in [-0.2, 0) is 9.53 Å². The zero-order valence-electron chi connectivity index (χ0n) is 19.2. The van der Waals surface area contributed by atoms with Crippen LogP contribution < -0.4 is 14.8 Å². The highest BCUT2D eigenvalue weighted by atomic mass is 19.1. The number of aromatic nitrogens is 1. The average molecular weight is 474 g/mol. The lowest BCUT2D eigenvalue weighted by atomic mass is 10.1. The highest BCUT2D eigenvalue weighted by Crippen LogP contribution is 2.32. The van der Waals surface area contributed by atoms with E-state index < -0.39 is 17.7 Å². The Kier molecular flexibility index (Phi) is 7.21. The van der Waals surface area contributed by atoms with Gasteiger partial charge >= 0.3 is 5.97 Å². The van der Waals surface area contributed by atoms with Gasteiger partial charge in [0.15, 0.2) is 6.61 Å². The molecular formula is C27H23FN2O5. The Morgan fingerprint density at radius 2 is 1.83 bits per heavy atom. The van der Waals surface area contributed by atoms with Gasteiger partial charge in [-0.3, -0.25) is 4.79 Å². The number of benzene rings is 3. The molecule has 0 atom stereocenters. The van der Waals surface area contributed by atoms with E-state index in [9.17, 15) is 14.0 Å². The summed E-state index contributed by atoms with van der Waals surface area (Å²) >= 11 is 0. The number of pyridine rings is 1. The third kappa shape index (κ3) is 5.73. The number of hydrogen-bond acceptors (Lipinski definition) is 6. The van der Waals surface area contributed by atoms with Crippen LogP contribution in [0.15, 0.2) is 72.8 Å². The van der Waals surface area contributed by atoms with Crippen molar-refractivity contribution in [1.29, 1.82) is 0 Å². The number of halogens is 1. The minimum Gasteiger partial charge on any atom is -0.497 e. The number of carbonyl (C=O) groups excluding carboxylic acids is 2. The number of nitrogens with one attached hydrogen (secondary N) is 1. The summed E-state index contributed by atoms with van der Waals surface area (Å²) in [6.45, 7) is 1.64. The molecule has 0 aliphatic carbocycles. The van der Waals surface area contributed by atoms with Crippen LogP contribution >= 0.6 is 0 Å². The first kappa shape index (κ1) is 23.7. The predicted molar refractivity (Wildman–Crippen MR) is 130 cm³/mol. The van der Waals surface area contributed by atoms with Gasteiger partial charge in [0.25, 0.3) is 5.91 Å². The van der Waals surface area contributed by atoms with Crippen LogP contribution in [0.2, 0.25) is 0 Å². The standard InChI is InChI=1S/C27H23FN2O5/c1-3-34-27(32)18-10-11-23-22(13-18)25(15-24(30-23)17-6-4-9-21(12-17)33-2)35-16-26(31)29-20-8-5-7-19(28)14-20/h4-15H,3,16H2,1-2H3,(H,29,31). The molecule has 0 saturated carbocycles. The molecule has 7 nitrogen and oxygen atoms in total. The van der Waals surface area contributed by atoms with Crippen LogP contribution in [0, 0.1) is 5.82 Å². The zero-order valence-corrected chi connectivity index (χ0v) is 19.2. The Morgan fingerprint density at radius 3 is 2.60 bits per heavy atom. The van der Waals surface area contributed by atoms with Crippen molar-refractivity contribution in [3.8, 4) is 22.8 Å². The summed E-state index contributed by atoms with van der Waals surface area (Å²) in [5.41, 5.74) is 2.61. The van der Waals surface area contributed by atoms with Crippen LogP contribution in [0.4, 0.5) is 10.1 Å². The summed E-state index contributed by atoms with van der Waals surface area (Å²) in [6.07, 6.45) is 0. The van der Waals surface area contributed by atoms with Crippen LogP contribution in [0.25, 0.3) is 22.2 Å². The van der Waals surface area contributed by atoms with Gasteiger partial charge in [-0.15, -0.1) is 0 Å². The van der Waals surface area contributed by atoms with Crippen LogP contribution in [0.5, 0.6) is 11.5 Å². The number of carbonyl (C=O) groups is 2. The van der Waals surface area contributed by atoms with Crippen LogP contribution in [0.1, 0.15) is 17.3 Å². The molecule has 0 fully saturated rings. The maximum Gasteiger partial charge on any atom is 0.338 e. The number of fused-ring (bicyclic) bond motifs is 1. The minimum absolute atomic E-state index is 0.244. The molecule has 3 aromatic carbocycles. The van der Waals surface area contributed by atoms with Crippen molar-refractivity contribution in [3.05, 3.63) is 84.2 Å². The minimum atomic E-state index is -0.471. The summed E-state index contributed by atoms with van der Waals surface area (Å²) in [5, 5.41) is 3.14. The molecule has 4 rings (SSSR count). The zero-order chi connectivity index (χ0) is 24.8. The molecule has 0 unspecified atom stereocenters. The quantitative estimate of drug-likeness (QED) is 0.351. The van der Waals surface area contributed by atoms with Gasteiger partial charge in [-0.2, -0.15) is 0 Å². The fourth-order valence-electron chi connectivity index (χ4n) is 3.49. The number of anilines is 1. The molecule has 1 aromatic heterocycles. The molecule has 0 saturated heterocycles. The second-order valence-corrected chi connectivity index (χ2v) is 7.54. The summed E-state index contributed by atoms with van der Waals surface area (Å²) in [7, 11) is 1.58. The molecule has 1 heterocycles. The van der Waals surface area contributed by atoms with Crippen molar-refractivity contribution in [1.82, 2.24) is 4.98 Å². The lowest BCUT2D eigenvalue weighted by Gasteiger charge is -2.13. The van der Waals surface area contributed by atoms with Gasteiger partial charge in [0.2, 0.25) is 0 Å². The average Bonchev–Trinajstić information content (AvgIpc) is 2.87. The third-order valence-electron chi connectivity index (χ3n) is 5.11. The molecule has 1 amide bonds. The molecule has 0 aliphatic heterocycles. The van der Waals surface area contributed by atoms with Crippen molar-refractivity contribution < 1.29 is 28.2 Å². The third-order valence-corrected chi connectivity index (χ3v) is 5.11. The lowest BCUT2D eigenvalue weighted by molar-refractivity contribution is -0.118. The van der Waals surface area contributed by atoms with Crippen molar-refractivity contribution in [2.45, 2.75) is 6.92 Å². The molecule has 0 spiro atoms. The van der Waals surface area contributed by atoms with E-state index in [1.54, 1.807) is 44.4 Å². The maximum atomic E-state index is 13.4. The smallest absolute Gasteiger partial charge is 0.338 e. The van der Waals surface area contributed by atoms with E-state index in [4.69, 9.17) is 19.2 Å². The first-order chi connectivity index (χ1) is 17.0. The van der Waals surface area contributed by atoms with Crippen LogP contribution in [-0.4, -0.2) is 37.2 Å². The largest absolute Gasteiger partial charge is 0.497 e. The van der Waals surface area contributed by atoms with Crippen molar-refractivity contribution in [2.75, 3.05) is 25.6 Å². The highest BCUT2D eigenvalue weighted by molar-refractivity contribution is 5.97. The van der Waals surface area contributed by atoms with E-state index in [1.807, 2.05) is 24.3 Å². The molecular weight excluding hydrogens is 451 g/mol. The molecule has 0 bridgehead atoms. The second kappa shape index (κ2) is 10.6. The SMILES string of the molecule is CCOC(=O)c1ccc2nc(-c3cccc(OC)c3)cc(OCC(=O)Nc3cccc(F)c3)c2c1. The summed E-state index contributed by atoms with van der Waals surface area (Å²) in [5.74, 6) is -0.378. The van der Waals surface area contributed by atoms with Crippen molar-refractivity contribution in [3.63, 3.8) is 0 Å². The first-order valence-corrected chi connectivity index (χ1v) is 10.9. The van der Waals surface area contributed by atoms with Gasteiger partial charge in [-0.1, -0.05) is 18.2 Å². The monoisotopic (exact) mass is 474 g/mol. The van der Waals surface area contributed by atoms with Gasteiger partial charge in [0.05, 0.1) is 30.5 Å². The Labute approximate surface area is 201 Å². The number of nitrogens with zero attached hydrogens (tertiary/aromatic N) is 1. The number of amides is 1. The van der Waals surface area contributed by atoms with Crippen molar-refractivity contribution >= 4 is 28.5 Å². The van der Waals surface area contributed by atoms with Gasteiger partial charge in [0.1, 0.15) is 17.3 Å². The topological polar surface area (TPSA) is 86.8 Å². The lowest BCUT2D eigenvalue weighted by Crippen LogP contribution is -2.20. The van der Waals surface area contributed by atoms with Gasteiger partial charge in [0, 0.05) is 22.7 Å². The molecule has 0 radical (unpaired) electrons. The summed E-state index contributed by atoms with van der Waals surface area (Å²) in [6, 6.07) is 19.6. The molecule has 8 heteroatoms. The molecule has 4 aromatic rings. The van der Waals surface area contributed by atoms with E-state index in [-0.39, 0.29) is 13.2 Å². The normalized spacial score (nSPS) is 10.6. The van der Waals surface area contributed by atoms with E-state index in [0.717, 1.165) is 5.56 Å². The number of ether oxygens (including phenoxy) is 3. The Balaban J connectivity index is 1.68. The molecule has 35 heavy (non-hydrogen) atoms. The Bertz CT molecular complexity index is 1390. The van der Waals surface area contributed by atoms with Crippen LogP contribution in [0.3, 0.4) is 0 Å². The second-order valence-electron chi connectivity index (χ2n) is 7.54. The fraction of sp³-hybridized carbons (Fsp3) is 0.148. The first-order valence-electron chi connectivity index (χ1n) is 10.9. The maximum absolute atomic E-state index is 13.4. The van der Waals surface area contributed by atoms with Crippen molar-refractivity contribution in [2.24, 2.45) is 0 Å². The molecule has 0 aliphatic rings. The number of methoxy groups -OCH3 is 1. The number of hydrogen-bond donors (Lipinski definition) is 1. The van der Waals surface area contributed by atoms with E-state index in [1.165, 1.54) is 18.2 Å². The van der Waals surface area contributed by atoms with Gasteiger partial charge in [-0.25, -0.2) is 14.2 Å². The number of esters is 1. The Morgan fingerprint density at radius 1 is 1.00 bits per heavy atom. The summed E-state index contributed by atoms with van der Waals surface area (Å²) < 4.78 is 29.7. The fourth-order valence-corrected chi connectivity index (χ4v) is 3.49. The number of rotatable bonds is 8. The Hall–Kier alpha value is -4.46. The predicted octanol–water partition coefficient (Wildman–Crippen LogP) is 5.24. The molecule has 178 valence electrons. The molecule has 1 N–H and O–H groups in total. The summed E-state index contributed by atoms with van der Waals surface area (Å²) in [4.78, 5) is 29.4. The van der Waals surface area contributed by atoms with Gasteiger partial charge < -0.3 is 19.5 Å². The highest BCUT2D eigenvalue weighted by Gasteiger charge is 2.15. The van der Waals surface area contributed by atoms with E-state index in [2.05, 4.69) is 5.32 Å². The van der Waals surface area contributed by atoms with E-state index in [0.29, 0.717) is 39.3 Å². The van der Waals surface area contributed by atoms with Gasteiger partial charge in [-0.05, 0) is 55.5 Å². The van der Waals surface area contributed by atoms with E-state index >= 15 is 0 Å².